The minimum absolute atomic E-state index is 0.272. The second-order valence-corrected chi connectivity index (χ2v) is 6.90. The number of aryl methyl sites for hydroxylation is 1. The van der Waals surface area contributed by atoms with Gasteiger partial charge in [-0.25, -0.2) is 9.78 Å². The normalized spacial score (nSPS) is 11.2. The molecule has 0 unspecified atom stereocenters. The van der Waals surface area contributed by atoms with E-state index in [0.717, 1.165) is 17.3 Å². The number of rotatable bonds is 6. The summed E-state index contributed by atoms with van der Waals surface area (Å²) in [5.41, 5.74) is 8.80. The Balaban J connectivity index is 1.97. The molecule has 8 heteroatoms. The van der Waals surface area contributed by atoms with Crippen molar-refractivity contribution in [3.8, 4) is 17.0 Å². The zero-order valence-electron chi connectivity index (χ0n) is 16.8. The summed E-state index contributed by atoms with van der Waals surface area (Å²) in [6.07, 6.45) is 2.66. The van der Waals surface area contributed by atoms with Crippen LogP contribution in [-0.4, -0.2) is 41.3 Å². The first-order chi connectivity index (χ1) is 14.5. The molecule has 3 N–H and O–H groups in total. The van der Waals surface area contributed by atoms with Crippen molar-refractivity contribution in [3.05, 3.63) is 58.5 Å². The molecular formula is C22H22N4O4. The highest BCUT2D eigenvalue weighted by molar-refractivity contribution is 6.01. The van der Waals surface area contributed by atoms with Gasteiger partial charge in [-0.05, 0) is 43.3 Å². The number of hydrogen-bond acceptors (Lipinski definition) is 6. The lowest BCUT2D eigenvalue weighted by Gasteiger charge is -2.05. The quantitative estimate of drug-likeness (QED) is 0.476. The monoisotopic (exact) mass is 406 g/mol. The first-order valence-corrected chi connectivity index (χ1v) is 9.55. The van der Waals surface area contributed by atoms with E-state index in [1.165, 1.54) is 7.11 Å². The van der Waals surface area contributed by atoms with Crippen molar-refractivity contribution in [1.82, 2.24) is 14.5 Å². The molecule has 0 radical (unpaired) electrons. The van der Waals surface area contributed by atoms with Crippen molar-refractivity contribution in [2.24, 2.45) is 5.73 Å². The molecule has 0 saturated carbocycles. The Hall–Kier alpha value is -3.65. The Morgan fingerprint density at radius 3 is 2.77 bits per heavy atom. The number of aromatic amines is 1. The SMILES string of the molecule is COC(=O)c1ccc2c(c1)c(-c1nc3cc(OC)ccc3[nH]c1=O)cn2CCCN. The van der Waals surface area contributed by atoms with Crippen LogP contribution >= 0.6 is 0 Å². The van der Waals surface area contributed by atoms with Crippen LogP contribution in [0.4, 0.5) is 0 Å². The van der Waals surface area contributed by atoms with E-state index in [4.69, 9.17) is 15.2 Å². The Morgan fingerprint density at radius 2 is 2.03 bits per heavy atom. The smallest absolute Gasteiger partial charge is 0.337 e. The van der Waals surface area contributed by atoms with Crippen LogP contribution in [0.25, 0.3) is 33.2 Å². The maximum atomic E-state index is 12.9. The molecule has 4 rings (SSSR count). The number of ether oxygens (including phenoxy) is 2. The number of aromatic nitrogens is 3. The third-order valence-electron chi connectivity index (χ3n) is 5.06. The summed E-state index contributed by atoms with van der Waals surface area (Å²) in [7, 11) is 2.91. The second kappa shape index (κ2) is 8.00. The summed E-state index contributed by atoms with van der Waals surface area (Å²) in [5.74, 6) is 0.203. The number of hydrogen-bond donors (Lipinski definition) is 2. The third kappa shape index (κ3) is 3.42. The van der Waals surface area contributed by atoms with Crippen molar-refractivity contribution in [2.75, 3.05) is 20.8 Å². The van der Waals surface area contributed by atoms with E-state index < -0.39 is 5.97 Å². The maximum absolute atomic E-state index is 12.9. The first kappa shape index (κ1) is 19.7. The molecule has 0 spiro atoms. The van der Waals surface area contributed by atoms with E-state index in [1.54, 1.807) is 37.4 Å². The molecule has 4 aromatic rings. The molecule has 2 aromatic carbocycles. The number of nitrogens with two attached hydrogens (primary N) is 1. The largest absolute Gasteiger partial charge is 0.497 e. The van der Waals surface area contributed by atoms with E-state index in [9.17, 15) is 9.59 Å². The number of carbonyl (C=O) groups excluding carboxylic acids is 1. The summed E-state index contributed by atoms with van der Waals surface area (Å²) in [6.45, 7) is 1.23. The average molecular weight is 406 g/mol. The van der Waals surface area contributed by atoms with Crippen LogP contribution in [0.15, 0.2) is 47.4 Å². The van der Waals surface area contributed by atoms with Crippen LogP contribution < -0.4 is 16.0 Å². The Bertz CT molecular complexity index is 1310. The van der Waals surface area contributed by atoms with Gasteiger partial charge < -0.3 is 24.8 Å². The molecule has 0 atom stereocenters. The van der Waals surface area contributed by atoms with Gasteiger partial charge in [-0.2, -0.15) is 0 Å². The van der Waals surface area contributed by atoms with Gasteiger partial charge >= 0.3 is 5.97 Å². The lowest BCUT2D eigenvalue weighted by Crippen LogP contribution is -2.11. The van der Waals surface area contributed by atoms with Gasteiger partial charge in [-0.3, -0.25) is 4.79 Å². The fourth-order valence-electron chi connectivity index (χ4n) is 3.55. The molecule has 0 saturated heterocycles. The predicted molar refractivity (Wildman–Crippen MR) is 115 cm³/mol. The molecule has 0 amide bonds. The Morgan fingerprint density at radius 1 is 1.20 bits per heavy atom. The highest BCUT2D eigenvalue weighted by atomic mass is 16.5. The minimum Gasteiger partial charge on any atom is -0.497 e. The molecule has 2 aromatic heterocycles. The standard InChI is InChI=1S/C22H22N4O4/c1-29-14-5-6-17-18(11-14)24-20(21(27)25-17)16-12-26(9-3-8-23)19-7-4-13(10-15(16)19)22(28)30-2/h4-7,10-12H,3,8-9,23H2,1-2H3,(H,25,27). The molecule has 0 aliphatic rings. The Labute approximate surface area is 172 Å². The maximum Gasteiger partial charge on any atom is 0.337 e. The van der Waals surface area contributed by atoms with Gasteiger partial charge in [0.15, 0.2) is 0 Å². The molecule has 2 heterocycles. The Kier molecular flexibility index (Phi) is 5.24. The number of esters is 1. The molecule has 0 aliphatic heterocycles. The van der Waals surface area contributed by atoms with E-state index in [1.807, 2.05) is 16.8 Å². The van der Waals surface area contributed by atoms with Crippen LogP contribution in [0.3, 0.4) is 0 Å². The number of nitrogens with zero attached hydrogens (tertiary/aromatic N) is 2. The van der Waals surface area contributed by atoms with Crippen molar-refractivity contribution in [3.63, 3.8) is 0 Å². The number of H-pyrrole nitrogens is 1. The van der Waals surface area contributed by atoms with E-state index in [0.29, 0.717) is 41.0 Å². The van der Waals surface area contributed by atoms with Gasteiger partial charge in [0.1, 0.15) is 11.4 Å². The number of fused-ring (bicyclic) bond motifs is 2. The van der Waals surface area contributed by atoms with Gasteiger partial charge in [0.2, 0.25) is 0 Å². The van der Waals surface area contributed by atoms with Crippen molar-refractivity contribution >= 4 is 27.9 Å². The van der Waals surface area contributed by atoms with Crippen LogP contribution in [0.2, 0.25) is 0 Å². The predicted octanol–water partition coefficient (Wildman–Crippen LogP) is 2.69. The summed E-state index contributed by atoms with van der Waals surface area (Å²) < 4.78 is 12.1. The highest BCUT2D eigenvalue weighted by Crippen LogP contribution is 2.30. The average Bonchev–Trinajstić information content (AvgIpc) is 3.13. The highest BCUT2D eigenvalue weighted by Gasteiger charge is 2.18. The van der Waals surface area contributed by atoms with E-state index in [-0.39, 0.29) is 11.3 Å². The topological polar surface area (TPSA) is 112 Å². The second-order valence-electron chi connectivity index (χ2n) is 6.90. The molecule has 154 valence electrons. The van der Waals surface area contributed by atoms with Crippen LogP contribution in [0, 0.1) is 0 Å². The fraction of sp³-hybridized carbons (Fsp3) is 0.227. The van der Waals surface area contributed by atoms with Gasteiger partial charge in [-0.1, -0.05) is 0 Å². The van der Waals surface area contributed by atoms with Crippen molar-refractivity contribution in [1.29, 1.82) is 0 Å². The molecule has 8 nitrogen and oxygen atoms in total. The zero-order valence-corrected chi connectivity index (χ0v) is 16.8. The van der Waals surface area contributed by atoms with E-state index in [2.05, 4.69) is 9.97 Å². The lowest BCUT2D eigenvalue weighted by atomic mass is 10.1. The molecular weight excluding hydrogens is 384 g/mol. The van der Waals surface area contributed by atoms with Crippen molar-refractivity contribution in [2.45, 2.75) is 13.0 Å². The fourth-order valence-corrected chi connectivity index (χ4v) is 3.55. The molecule has 0 aliphatic carbocycles. The summed E-state index contributed by atoms with van der Waals surface area (Å²) in [4.78, 5) is 32.4. The molecule has 30 heavy (non-hydrogen) atoms. The van der Waals surface area contributed by atoms with Crippen LogP contribution in [-0.2, 0) is 11.3 Å². The van der Waals surface area contributed by atoms with Gasteiger partial charge in [0, 0.05) is 35.3 Å². The van der Waals surface area contributed by atoms with Gasteiger partial charge in [-0.15, -0.1) is 0 Å². The van der Waals surface area contributed by atoms with Crippen LogP contribution in [0.1, 0.15) is 16.8 Å². The number of nitrogens with one attached hydrogen (secondary N) is 1. The third-order valence-corrected chi connectivity index (χ3v) is 5.06. The first-order valence-electron chi connectivity index (χ1n) is 9.55. The van der Waals surface area contributed by atoms with Crippen molar-refractivity contribution < 1.29 is 14.3 Å². The molecule has 0 bridgehead atoms. The van der Waals surface area contributed by atoms with Gasteiger partial charge in [0.25, 0.3) is 5.56 Å². The van der Waals surface area contributed by atoms with Crippen LogP contribution in [0.5, 0.6) is 5.75 Å². The zero-order chi connectivity index (χ0) is 21.3. The minimum atomic E-state index is -0.442. The number of methoxy groups -OCH3 is 2. The summed E-state index contributed by atoms with van der Waals surface area (Å²) in [6, 6.07) is 10.6. The molecule has 0 fully saturated rings. The summed E-state index contributed by atoms with van der Waals surface area (Å²) >= 11 is 0. The van der Waals surface area contributed by atoms with E-state index >= 15 is 0 Å². The lowest BCUT2D eigenvalue weighted by molar-refractivity contribution is 0.0601. The number of benzene rings is 2. The number of carbonyl (C=O) groups is 1. The van der Waals surface area contributed by atoms with Gasteiger partial charge in [0.05, 0.1) is 30.8 Å². The summed E-state index contributed by atoms with van der Waals surface area (Å²) in [5, 5.41) is 0.746.